The summed E-state index contributed by atoms with van der Waals surface area (Å²) in [5.74, 6) is -1.10. The second-order valence-corrected chi connectivity index (χ2v) is 7.03. The fraction of sp³-hybridized carbons (Fsp3) is 0.333. The molecule has 0 radical (unpaired) electrons. The summed E-state index contributed by atoms with van der Waals surface area (Å²) in [7, 11) is 0. The number of nitrogens with one attached hydrogen (secondary N) is 1. The summed E-state index contributed by atoms with van der Waals surface area (Å²) in [6, 6.07) is 12.3. The van der Waals surface area contributed by atoms with Crippen LogP contribution in [0, 0.1) is 11.6 Å². The number of halogens is 2. The number of nitrogens with zero attached hydrogens (tertiary/aromatic N) is 1. The van der Waals surface area contributed by atoms with Crippen LogP contribution in [0.3, 0.4) is 0 Å². The van der Waals surface area contributed by atoms with E-state index in [0.717, 1.165) is 35.5 Å². The summed E-state index contributed by atoms with van der Waals surface area (Å²) in [4.78, 5) is 6.00. The van der Waals surface area contributed by atoms with Crippen molar-refractivity contribution in [3.63, 3.8) is 0 Å². The minimum Gasteiger partial charge on any atom is -0.358 e. The van der Waals surface area contributed by atoms with Crippen LogP contribution in [0.4, 0.5) is 8.78 Å². The maximum absolute atomic E-state index is 13.5. The van der Waals surface area contributed by atoms with E-state index in [1.807, 2.05) is 18.2 Å². The third-order valence-corrected chi connectivity index (χ3v) is 5.23. The number of aromatic amines is 1. The topological polar surface area (TPSA) is 19.0 Å². The van der Waals surface area contributed by atoms with Gasteiger partial charge in [-0.15, -0.1) is 0 Å². The number of fused-ring (bicyclic) bond motifs is 1. The predicted molar refractivity (Wildman–Crippen MR) is 97.6 cm³/mol. The SMILES string of the molecule is C[C@@H]1CCCN1CCc1cc2cc(-c3cc(F)cc(F)c3)ccc2[nH]1. The lowest BCUT2D eigenvalue weighted by Crippen LogP contribution is -2.29. The minimum absolute atomic E-state index is 0.551. The molecule has 0 aliphatic carbocycles. The monoisotopic (exact) mass is 340 g/mol. The van der Waals surface area contributed by atoms with Crippen LogP contribution in [0.2, 0.25) is 0 Å². The molecule has 1 atom stereocenters. The van der Waals surface area contributed by atoms with Crippen molar-refractivity contribution in [3.05, 3.63) is 59.8 Å². The van der Waals surface area contributed by atoms with Crippen molar-refractivity contribution in [3.8, 4) is 11.1 Å². The van der Waals surface area contributed by atoms with Crippen LogP contribution in [0.15, 0.2) is 42.5 Å². The van der Waals surface area contributed by atoms with E-state index in [2.05, 4.69) is 22.9 Å². The Balaban J connectivity index is 1.56. The van der Waals surface area contributed by atoms with Crippen molar-refractivity contribution < 1.29 is 8.78 Å². The molecule has 4 heteroatoms. The van der Waals surface area contributed by atoms with Crippen molar-refractivity contribution in [1.29, 1.82) is 0 Å². The third-order valence-electron chi connectivity index (χ3n) is 5.23. The van der Waals surface area contributed by atoms with E-state index in [9.17, 15) is 8.78 Å². The Morgan fingerprint density at radius 3 is 2.56 bits per heavy atom. The Morgan fingerprint density at radius 2 is 1.84 bits per heavy atom. The fourth-order valence-electron chi connectivity index (χ4n) is 3.82. The lowest BCUT2D eigenvalue weighted by Gasteiger charge is -2.20. The number of H-pyrrole nitrogens is 1. The molecule has 1 saturated heterocycles. The zero-order chi connectivity index (χ0) is 17.4. The van der Waals surface area contributed by atoms with Crippen LogP contribution >= 0.6 is 0 Å². The van der Waals surface area contributed by atoms with Crippen LogP contribution in [-0.2, 0) is 6.42 Å². The predicted octanol–water partition coefficient (Wildman–Crippen LogP) is 5.14. The smallest absolute Gasteiger partial charge is 0.126 e. The van der Waals surface area contributed by atoms with Gasteiger partial charge in [0.2, 0.25) is 0 Å². The molecule has 1 aliphatic rings. The minimum atomic E-state index is -0.551. The molecule has 2 heterocycles. The normalized spacial score (nSPS) is 18.3. The van der Waals surface area contributed by atoms with E-state index in [1.165, 1.54) is 37.2 Å². The molecule has 1 fully saturated rings. The molecular weight excluding hydrogens is 318 g/mol. The van der Waals surface area contributed by atoms with Crippen molar-refractivity contribution in [2.45, 2.75) is 32.2 Å². The van der Waals surface area contributed by atoms with E-state index in [0.29, 0.717) is 11.6 Å². The first-order valence-electron chi connectivity index (χ1n) is 8.91. The van der Waals surface area contributed by atoms with Gasteiger partial charge < -0.3 is 9.88 Å². The van der Waals surface area contributed by atoms with Crippen LogP contribution in [-0.4, -0.2) is 29.0 Å². The standard InChI is InChI=1S/C21H22F2N2/c1-14-3-2-7-25(14)8-6-20-12-17-9-15(4-5-21(17)24-20)16-10-18(22)13-19(23)11-16/h4-5,9-14,24H,2-3,6-8H2,1H3/t14-/m1/s1. The average molecular weight is 340 g/mol. The van der Waals surface area contributed by atoms with E-state index < -0.39 is 11.6 Å². The van der Waals surface area contributed by atoms with E-state index in [-0.39, 0.29) is 0 Å². The number of hydrogen-bond donors (Lipinski definition) is 1. The van der Waals surface area contributed by atoms with Crippen molar-refractivity contribution in [2.75, 3.05) is 13.1 Å². The van der Waals surface area contributed by atoms with Crippen LogP contribution in [0.25, 0.3) is 22.0 Å². The number of rotatable bonds is 4. The van der Waals surface area contributed by atoms with Gasteiger partial charge in [-0.05, 0) is 67.8 Å². The molecule has 0 unspecified atom stereocenters. The Labute approximate surface area is 146 Å². The van der Waals surface area contributed by atoms with Crippen LogP contribution < -0.4 is 0 Å². The molecule has 25 heavy (non-hydrogen) atoms. The molecule has 130 valence electrons. The lowest BCUT2D eigenvalue weighted by atomic mass is 10.0. The molecule has 3 aromatic rings. The molecule has 1 aliphatic heterocycles. The Hall–Kier alpha value is -2.20. The van der Waals surface area contributed by atoms with Gasteiger partial charge in [0.1, 0.15) is 11.6 Å². The molecule has 0 spiro atoms. The first kappa shape index (κ1) is 16.3. The van der Waals surface area contributed by atoms with Gasteiger partial charge >= 0.3 is 0 Å². The Morgan fingerprint density at radius 1 is 1.04 bits per heavy atom. The highest BCUT2D eigenvalue weighted by Gasteiger charge is 2.19. The molecule has 2 aromatic carbocycles. The van der Waals surface area contributed by atoms with Gasteiger partial charge in [-0.2, -0.15) is 0 Å². The second-order valence-electron chi connectivity index (χ2n) is 7.03. The zero-order valence-electron chi connectivity index (χ0n) is 14.4. The van der Waals surface area contributed by atoms with Gasteiger partial charge in [0, 0.05) is 41.7 Å². The largest absolute Gasteiger partial charge is 0.358 e. The molecule has 4 rings (SSSR count). The van der Waals surface area contributed by atoms with E-state index >= 15 is 0 Å². The van der Waals surface area contributed by atoms with Crippen molar-refractivity contribution in [1.82, 2.24) is 9.88 Å². The molecule has 1 N–H and O–H groups in total. The van der Waals surface area contributed by atoms with Gasteiger partial charge in [0.25, 0.3) is 0 Å². The number of benzene rings is 2. The quantitative estimate of drug-likeness (QED) is 0.697. The zero-order valence-corrected chi connectivity index (χ0v) is 14.4. The second kappa shape index (κ2) is 6.60. The van der Waals surface area contributed by atoms with Gasteiger partial charge in [-0.3, -0.25) is 0 Å². The van der Waals surface area contributed by atoms with Gasteiger partial charge in [0.05, 0.1) is 0 Å². The highest BCUT2D eigenvalue weighted by atomic mass is 19.1. The Bertz CT molecular complexity index is 880. The summed E-state index contributed by atoms with van der Waals surface area (Å²) in [6.07, 6.45) is 3.57. The van der Waals surface area contributed by atoms with E-state index in [4.69, 9.17) is 0 Å². The summed E-state index contributed by atoms with van der Waals surface area (Å²) >= 11 is 0. The number of aromatic nitrogens is 1. The van der Waals surface area contributed by atoms with Crippen LogP contribution in [0.1, 0.15) is 25.5 Å². The maximum Gasteiger partial charge on any atom is 0.126 e. The maximum atomic E-state index is 13.5. The first-order valence-corrected chi connectivity index (χ1v) is 8.91. The number of likely N-dealkylation sites (tertiary alicyclic amines) is 1. The molecule has 2 nitrogen and oxygen atoms in total. The highest BCUT2D eigenvalue weighted by Crippen LogP contribution is 2.27. The summed E-state index contributed by atoms with van der Waals surface area (Å²) < 4.78 is 26.9. The summed E-state index contributed by atoms with van der Waals surface area (Å²) in [5.41, 5.74) is 3.65. The van der Waals surface area contributed by atoms with Gasteiger partial charge in [-0.1, -0.05) is 6.07 Å². The Kier molecular flexibility index (Phi) is 4.30. The molecular formula is C21H22F2N2. The van der Waals surface area contributed by atoms with Crippen LogP contribution in [0.5, 0.6) is 0 Å². The highest BCUT2D eigenvalue weighted by molar-refractivity contribution is 5.85. The molecule has 0 saturated carbocycles. The van der Waals surface area contributed by atoms with E-state index in [1.54, 1.807) is 0 Å². The van der Waals surface area contributed by atoms with Crippen molar-refractivity contribution in [2.24, 2.45) is 0 Å². The number of hydrogen-bond acceptors (Lipinski definition) is 1. The molecule has 0 bridgehead atoms. The van der Waals surface area contributed by atoms with Gasteiger partial charge in [0.15, 0.2) is 0 Å². The summed E-state index contributed by atoms with van der Waals surface area (Å²) in [6.45, 7) is 4.55. The fourth-order valence-corrected chi connectivity index (χ4v) is 3.82. The summed E-state index contributed by atoms with van der Waals surface area (Å²) in [5, 5.41) is 1.08. The average Bonchev–Trinajstić information content (AvgIpc) is 3.16. The van der Waals surface area contributed by atoms with Crippen molar-refractivity contribution >= 4 is 10.9 Å². The third kappa shape index (κ3) is 3.45. The van der Waals surface area contributed by atoms with Gasteiger partial charge in [-0.25, -0.2) is 8.78 Å². The molecule has 0 amide bonds. The first-order chi connectivity index (χ1) is 12.1. The molecule has 1 aromatic heterocycles. The lowest BCUT2D eigenvalue weighted by molar-refractivity contribution is 0.271.